The number of benzene rings is 1. The van der Waals surface area contributed by atoms with Crippen molar-refractivity contribution in [2.45, 2.75) is 24.9 Å². The maximum absolute atomic E-state index is 12.3. The molecule has 6 nitrogen and oxygen atoms in total. The van der Waals surface area contributed by atoms with Crippen molar-refractivity contribution >= 4 is 15.9 Å². The molecular formula is C15H21F3N2O4S. The molecule has 1 rings (SSSR count). The van der Waals surface area contributed by atoms with E-state index < -0.39 is 28.7 Å². The van der Waals surface area contributed by atoms with Crippen molar-refractivity contribution in [2.75, 3.05) is 32.8 Å². The molecule has 1 aromatic rings. The number of amides is 1. The van der Waals surface area contributed by atoms with Gasteiger partial charge in [0.1, 0.15) is 6.61 Å². The zero-order chi connectivity index (χ0) is 19.1. The molecule has 0 saturated carbocycles. The van der Waals surface area contributed by atoms with Crippen LogP contribution in [0.3, 0.4) is 0 Å². The lowest BCUT2D eigenvalue weighted by atomic mass is 10.2. The van der Waals surface area contributed by atoms with Crippen LogP contribution in [0, 0.1) is 0 Å². The van der Waals surface area contributed by atoms with E-state index in [0.717, 1.165) is 0 Å². The van der Waals surface area contributed by atoms with Crippen molar-refractivity contribution in [3.05, 3.63) is 29.8 Å². The highest BCUT2D eigenvalue weighted by atomic mass is 32.2. The third kappa shape index (κ3) is 6.63. The fraction of sp³-hybridized carbons (Fsp3) is 0.533. The standard InChI is InChI=1S/C15H21F3N2O4S/c1-3-20(4-2)25(22,23)13-7-5-12(6-8-13)14(21)19-9-10-24-11-15(16,17)18/h5-8H,3-4,9-11H2,1-2H3,(H,19,21). The van der Waals surface area contributed by atoms with Gasteiger partial charge in [0, 0.05) is 25.2 Å². The Balaban J connectivity index is 2.60. The molecule has 0 aliphatic rings. The van der Waals surface area contributed by atoms with Gasteiger partial charge in [-0.05, 0) is 24.3 Å². The summed E-state index contributed by atoms with van der Waals surface area (Å²) in [4.78, 5) is 11.9. The van der Waals surface area contributed by atoms with Gasteiger partial charge in [-0.15, -0.1) is 0 Å². The Labute approximate surface area is 145 Å². The van der Waals surface area contributed by atoms with E-state index in [-0.39, 0.29) is 23.6 Å². The third-order valence-electron chi connectivity index (χ3n) is 3.26. The van der Waals surface area contributed by atoms with E-state index in [0.29, 0.717) is 13.1 Å². The van der Waals surface area contributed by atoms with E-state index >= 15 is 0 Å². The Morgan fingerprint density at radius 2 is 1.72 bits per heavy atom. The van der Waals surface area contributed by atoms with Gasteiger partial charge in [0.2, 0.25) is 10.0 Å². The topological polar surface area (TPSA) is 75.7 Å². The molecule has 0 fully saturated rings. The van der Waals surface area contributed by atoms with Crippen LogP contribution in [-0.4, -0.2) is 57.7 Å². The number of hydrogen-bond acceptors (Lipinski definition) is 4. The maximum Gasteiger partial charge on any atom is 0.411 e. The summed E-state index contributed by atoms with van der Waals surface area (Å²) in [5, 5.41) is 2.40. The average Bonchev–Trinajstić information content (AvgIpc) is 2.54. The summed E-state index contributed by atoms with van der Waals surface area (Å²) in [5.74, 6) is -0.526. The van der Waals surface area contributed by atoms with Crippen molar-refractivity contribution in [1.29, 1.82) is 0 Å². The second kappa shape index (κ2) is 9.16. The molecule has 0 spiro atoms. The quantitative estimate of drug-likeness (QED) is 0.663. The van der Waals surface area contributed by atoms with Gasteiger partial charge in [-0.1, -0.05) is 13.8 Å². The second-order valence-corrected chi connectivity index (χ2v) is 6.98. The first-order valence-corrected chi connectivity index (χ1v) is 9.08. The van der Waals surface area contributed by atoms with Crippen LogP contribution in [-0.2, 0) is 14.8 Å². The molecule has 1 amide bonds. The van der Waals surface area contributed by atoms with Crippen LogP contribution in [0.25, 0.3) is 0 Å². The van der Waals surface area contributed by atoms with Gasteiger partial charge in [0.25, 0.3) is 5.91 Å². The number of hydrogen-bond donors (Lipinski definition) is 1. The minimum Gasteiger partial charge on any atom is -0.370 e. The molecule has 1 N–H and O–H groups in total. The van der Waals surface area contributed by atoms with Crippen LogP contribution >= 0.6 is 0 Å². The Morgan fingerprint density at radius 1 is 1.16 bits per heavy atom. The van der Waals surface area contributed by atoms with E-state index in [1.807, 2.05) is 0 Å². The lowest BCUT2D eigenvalue weighted by Crippen LogP contribution is -2.31. The number of ether oxygens (including phenoxy) is 1. The summed E-state index contributed by atoms with van der Waals surface area (Å²) >= 11 is 0. The maximum atomic E-state index is 12.3. The largest absolute Gasteiger partial charge is 0.411 e. The van der Waals surface area contributed by atoms with Crippen molar-refractivity contribution in [2.24, 2.45) is 0 Å². The predicted molar refractivity (Wildman–Crippen MR) is 85.8 cm³/mol. The molecule has 0 radical (unpaired) electrons. The number of carbonyl (C=O) groups excluding carboxylic acids is 1. The molecular weight excluding hydrogens is 361 g/mol. The van der Waals surface area contributed by atoms with E-state index in [1.165, 1.54) is 28.6 Å². The third-order valence-corrected chi connectivity index (χ3v) is 5.32. The van der Waals surface area contributed by atoms with Crippen LogP contribution in [0.15, 0.2) is 29.2 Å². The van der Waals surface area contributed by atoms with Crippen LogP contribution in [0.5, 0.6) is 0 Å². The summed E-state index contributed by atoms with van der Waals surface area (Å²) in [6.45, 7) is 2.38. The molecule has 0 heterocycles. The summed E-state index contributed by atoms with van der Waals surface area (Å²) < 4.78 is 66.0. The van der Waals surface area contributed by atoms with E-state index in [4.69, 9.17) is 0 Å². The van der Waals surface area contributed by atoms with E-state index in [9.17, 15) is 26.4 Å². The summed E-state index contributed by atoms with van der Waals surface area (Å²) in [7, 11) is -3.61. The lowest BCUT2D eigenvalue weighted by molar-refractivity contribution is -0.173. The highest BCUT2D eigenvalue weighted by molar-refractivity contribution is 7.89. The molecule has 0 aliphatic carbocycles. The summed E-state index contributed by atoms with van der Waals surface area (Å²) in [6, 6.07) is 5.34. The molecule has 0 unspecified atom stereocenters. The number of nitrogens with zero attached hydrogens (tertiary/aromatic N) is 1. The minimum atomic E-state index is -4.41. The van der Waals surface area contributed by atoms with Gasteiger partial charge >= 0.3 is 6.18 Å². The van der Waals surface area contributed by atoms with Crippen LogP contribution in [0.4, 0.5) is 13.2 Å². The van der Waals surface area contributed by atoms with Crippen LogP contribution in [0.1, 0.15) is 24.2 Å². The molecule has 0 bridgehead atoms. The number of nitrogens with one attached hydrogen (secondary N) is 1. The Hall–Kier alpha value is -1.65. The lowest BCUT2D eigenvalue weighted by Gasteiger charge is -2.18. The van der Waals surface area contributed by atoms with E-state index in [1.54, 1.807) is 13.8 Å². The number of sulfonamides is 1. The molecule has 0 atom stereocenters. The zero-order valence-corrected chi connectivity index (χ0v) is 14.8. The van der Waals surface area contributed by atoms with Crippen LogP contribution in [0.2, 0.25) is 0 Å². The summed E-state index contributed by atoms with van der Waals surface area (Å²) in [5.41, 5.74) is 0.203. The smallest absolute Gasteiger partial charge is 0.370 e. The molecule has 10 heteroatoms. The molecule has 142 valence electrons. The number of alkyl halides is 3. The first-order valence-electron chi connectivity index (χ1n) is 7.64. The molecule has 0 aromatic heterocycles. The number of rotatable bonds is 9. The zero-order valence-electron chi connectivity index (χ0n) is 14.0. The fourth-order valence-corrected chi connectivity index (χ4v) is 3.48. The van der Waals surface area contributed by atoms with Crippen molar-refractivity contribution < 1.29 is 31.1 Å². The van der Waals surface area contributed by atoms with Gasteiger partial charge in [0.05, 0.1) is 11.5 Å². The van der Waals surface area contributed by atoms with E-state index in [2.05, 4.69) is 10.1 Å². The fourth-order valence-electron chi connectivity index (χ4n) is 2.02. The Bertz CT molecular complexity index is 656. The minimum absolute atomic E-state index is 0.0706. The Morgan fingerprint density at radius 3 is 2.20 bits per heavy atom. The van der Waals surface area contributed by atoms with Gasteiger partial charge in [0.15, 0.2) is 0 Å². The summed E-state index contributed by atoms with van der Waals surface area (Å²) in [6.07, 6.45) is -4.41. The number of halogens is 3. The number of carbonyl (C=O) groups is 1. The first-order chi connectivity index (χ1) is 11.6. The highest BCUT2D eigenvalue weighted by Crippen LogP contribution is 2.16. The monoisotopic (exact) mass is 382 g/mol. The first kappa shape index (κ1) is 21.4. The molecule has 1 aromatic carbocycles. The average molecular weight is 382 g/mol. The van der Waals surface area contributed by atoms with Gasteiger partial charge in [-0.3, -0.25) is 4.79 Å². The van der Waals surface area contributed by atoms with Gasteiger partial charge in [-0.25, -0.2) is 8.42 Å². The predicted octanol–water partition coefficient (Wildman–Crippen LogP) is 2.03. The SMILES string of the molecule is CCN(CC)S(=O)(=O)c1ccc(C(=O)NCCOCC(F)(F)F)cc1. The molecule has 0 aliphatic heterocycles. The molecule has 25 heavy (non-hydrogen) atoms. The van der Waals surface area contributed by atoms with Crippen molar-refractivity contribution in [1.82, 2.24) is 9.62 Å². The second-order valence-electron chi connectivity index (χ2n) is 5.04. The normalized spacial score (nSPS) is 12.4. The Kier molecular flexibility index (Phi) is 7.84. The van der Waals surface area contributed by atoms with Gasteiger partial charge in [-0.2, -0.15) is 17.5 Å². The van der Waals surface area contributed by atoms with Gasteiger partial charge < -0.3 is 10.1 Å². The molecule has 0 saturated heterocycles. The highest BCUT2D eigenvalue weighted by Gasteiger charge is 2.27. The van der Waals surface area contributed by atoms with Crippen molar-refractivity contribution in [3.63, 3.8) is 0 Å². The van der Waals surface area contributed by atoms with Crippen LogP contribution < -0.4 is 5.32 Å². The van der Waals surface area contributed by atoms with Crippen molar-refractivity contribution in [3.8, 4) is 0 Å².